The Bertz CT molecular complexity index is 1020. The average Bonchev–Trinajstić information content (AvgIpc) is 3.25. The lowest BCUT2D eigenvalue weighted by molar-refractivity contribution is -0.143. The number of carbonyl (C=O) groups excluding carboxylic acids is 2. The maximum atomic E-state index is 12.4. The summed E-state index contributed by atoms with van der Waals surface area (Å²) in [5.41, 5.74) is 0. The van der Waals surface area contributed by atoms with Crippen LogP contribution in [0.2, 0.25) is 0 Å². The van der Waals surface area contributed by atoms with E-state index in [1.807, 2.05) is 6.08 Å². The molecule has 0 aromatic heterocycles. The van der Waals surface area contributed by atoms with E-state index in [4.69, 9.17) is 4.74 Å². The molecule has 6 heteroatoms. The quantitative estimate of drug-likeness (QED) is 0.0322. The van der Waals surface area contributed by atoms with Crippen molar-refractivity contribution in [1.29, 1.82) is 0 Å². The van der Waals surface area contributed by atoms with Gasteiger partial charge in [-0.1, -0.05) is 217 Å². The van der Waals surface area contributed by atoms with Crippen LogP contribution in [0.3, 0.4) is 0 Å². The minimum atomic E-state index is -0.878. The molecule has 0 fully saturated rings. The van der Waals surface area contributed by atoms with Crippen LogP contribution in [-0.4, -0.2) is 47.4 Å². The van der Waals surface area contributed by atoms with Crippen molar-refractivity contribution in [2.24, 2.45) is 0 Å². The fraction of sp³-hybridized carbons (Fsp3) is 0.815. The standard InChI is InChI=1S/C54H99NO5/c1-3-5-7-9-11-13-15-17-19-20-21-22-23-24-25-27-30-34-38-42-46-52(57)51(50-56)55-53(58)47-43-39-35-31-29-33-37-41-45-49-60-54(59)48-44-40-36-32-28-26-18-16-14-12-10-8-6-4-2/h10,12,16,18,31,35,42,46,51-52,56-57H,3-9,11,13-15,17,19-30,32-34,36-41,43-45,47-50H2,1-2H3,(H,55,58)/b12-10-,18-16-,35-31-,46-42+. The number of ether oxygens (including phenoxy) is 1. The van der Waals surface area contributed by atoms with Gasteiger partial charge in [0.2, 0.25) is 5.91 Å². The van der Waals surface area contributed by atoms with Crippen LogP contribution in [0.5, 0.6) is 0 Å². The predicted molar refractivity (Wildman–Crippen MR) is 259 cm³/mol. The molecule has 0 aromatic carbocycles. The molecule has 0 radical (unpaired) electrons. The van der Waals surface area contributed by atoms with Gasteiger partial charge in [-0.15, -0.1) is 0 Å². The van der Waals surface area contributed by atoms with Gasteiger partial charge in [-0.3, -0.25) is 9.59 Å². The normalized spacial score (nSPS) is 13.1. The van der Waals surface area contributed by atoms with Gasteiger partial charge in [-0.05, 0) is 77.0 Å². The third-order valence-electron chi connectivity index (χ3n) is 11.6. The number of hydrogen-bond acceptors (Lipinski definition) is 5. The highest BCUT2D eigenvalue weighted by atomic mass is 16.5. The molecule has 0 rings (SSSR count). The number of esters is 1. The van der Waals surface area contributed by atoms with Crippen molar-refractivity contribution in [3.63, 3.8) is 0 Å². The highest BCUT2D eigenvalue weighted by Gasteiger charge is 2.17. The Balaban J connectivity index is 3.60. The van der Waals surface area contributed by atoms with Crippen LogP contribution in [-0.2, 0) is 14.3 Å². The third kappa shape index (κ3) is 45.3. The van der Waals surface area contributed by atoms with Crippen molar-refractivity contribution < 1.29 is 24.5 Å². The summed E-state index contributed by atoms with van der Waals surface area (Å²) in [7, 11) is 0. The highest BCUT2D eigenvalue weighted by molar-refractivity contribution is 5.76. The zero-order valence-electron chi connectivity index (χ0n) is 39.7. The monoisotopic (exact) mass is 842 g/mol. The van der Waals surface area contributed by atoms with Crippen LogP contribution >= 0.6 is 0 Å². The van der Waals surface area contributed by atoms with Crippen molar-refractivity contribution in [2.75, 3.05) is 13.2 Å². The number of allylic oxidation sites excluding steroid dienone is 7. The lowest BCUT2D eigenvalue weighted by Crippen LogP contribution is -2.45. The van der Waals surface area contributed by atoms with Crippen molar-refractivity contribution in [1.82, 2.24) is 5.32 Å². The zero-order valence-corrected chi connectivity index (χ0v) is 39.7. The largest absolute Gasteiger partial charge is 0.466 e. The van der Waals surface area contributed by atoms with E-state index in [0.717, 1.165) is 83.5 Å². The Morgan fingerprint density at radius 1 is 0.467 bits per heavy atom. The van der Waals surface area contributed by atoms with Crippen LogP contribution in [0.4, 0.5) is 0 Å². The zero-order chi connectivity index (χ0) is 43.7. The summed E-state index contributed by atoms with van der Waals surface area (Å²) in [4.78, 5) is 24.4. The first-order valence-corrected chi connectivity index (χ1v) is 25.9. The van der Waals surface area contributed by atoms with Gasteiger partial charge in [0.15, 0.2) is 0 Å². The minimum Gasteiger partial charge on any atom is -0.466 e. The summed E-state index contributed by atoms with van der Waals surface area (Å²) < 4.78 is 5.42. The van der Waals surface area contributed by atoms with E-state index < -0.39 is 12.1 Å². The first-order chi connectivity index (χ1) is 29.5. The molecule has 0 saturated heterocycles. The second-order valence-electron chi connectivity index (χ2n) is 17.5. The number of hydrogen-bond donors (Lipinski definition) is 3. The second kappa shape index (κ2) is 49.5. The summed E-state index contributed by atoms with van der Waals surface area (Å²) in [6, 6.07) is -0.668. The molecule has 0 aliphatic heterocycles. The topological polar surface area (TPSA) is 95.9 Å². The smallest absolute Gasteiger partial charge is 0.305 e. The molecule has 1 amide bonds. The first-order valence-electron chi connectivity index (χ1n) is 25.9. The Labute approximate surface area is 372 Å². The van der Waals surface area contributed by atoms with E-state index in [0.29, 0.717) is 19.4 Å². The summed E-state index contributed by atoms with van der Waals surface area (Å²) in [5, 5.41) is 23.1. The van der Waals surface area contributed by atoms with Gasteiger partial charge in [0, 0.05) is 12.8 Å². The number of aliphatic hydroxyl groups is 2. The SMILES string of the molecule is CCCC/C=C\C/C=C\CCCCCCCC(=O)OCCCCCC/C=C\CCCC(=O)NC(CO)C(O)/C=C/CCCCCCCCCCCCCCCCCCCC. The fourth-order valence-electron chi connectivity index (χ4n) is 7.53. The molecule has 3 N–H and O–H groups in total. The van der Waals surface area contributed by atoms with Crippen molar-refractivity contribution >= 4 is 11.9 Å². The maximum Gasteiger partial charge on any atom is 0.305 e. The highest BCUT2D eigenvalue weighted by Crippen LogP contribution is 2.15. The average molecular weight is 842 g/mol. The van der Waals surface area contributed by atoms with Gasteiger partial charge in [0.05, 0.1) is 25.4 Å². The molecule has 6 nitrogen and oxygen atoms in total. The molecule has 60 heavy (non-hydrogen) atoms. The molecule has 0 aromatic rings. The van der Waals surface area contributed by atoms with E-state index in [1.54, 1.807) is 6.08 Å². The van der Waals surface area contributed by atoms with Gasteiger partial charge < -0.3 is 20.3 Å². The molecule has 2 unspecified atom stereocenters. The van der Waals surface area contributed by atoms with Gasteiger partial charge in [-0.25, -0.2) is 0 Å². The lowest BCUT2D eigenvalue weighted by Gasteiger charge is -2.19. The number of carbonyl (C=O) groups is 2. The van der Waals surface area contributed by atoms with E-state index in [9.17, 15) is 19.8 Å². The molecule has 0 aliphatic carbocycles. The summed E-state index contributed by atoms with van der Waals surface area (Å²) in [5.74, 6) is -0.183. The van der Waals surface area contributed by atoms with Crippen molar-refractivity contribution in [2.45, 2.75) is 270 Å². The number of amides is 1. The molecule has 0 heterocycles. The molecule has 350 valence electrons. The number of rotatable bonds is 47. The van der Waals surface area contributed by atoms with Crippen molar-refractivity contribution in [3.05, 3.63) is 48.6 Å². The Morgan fingerprint density at radius 3 is 1.37 bits per heavy atom. The first kappa shape index (κ1) is 57.8. The van der Waals surface area contributed by atoms with Crippen LogP contribution in [0.1, 0.15) is 258 Å². The summed E-state index contributed by atoms with van der Waals surface area (Å²) in [6.45, 7) is 4.76. The van der Waals surface area contributed by atoms with E-state index >= 15 is 0 Å². The van der Waals surface area contributed by atoms with E-state index in [2.05, 4.69) is 55.6 Å². The Hall–Kier alpha value is -2.18. The van der Waals surface area contributed by atoms with Crippen molar-refractivity contribution in [3.8, 4) is 0 Å². The second-order valence-corrected chi connectivity index (χ2v) is 17.5. The molecule has 0 saturated carbocycles. The third-order valence-corrected chi connectivity index (χ3v) is 11.6. The molecule has 0 spiro atoms. The molecule has 0 bridgehead atoms. The number of aliphatic hydroxyl groups excluding tert-OH is 2. The predicted octanol–water partition coefficient (Wildman–Crippen LogP) is 15.5. The fourth-order valence-corrected chi connectivity index (χ4v) is 7.53. The minimum absolute atomic E-state index is 0.0531. The van der Waals surface area contributed by atoms with Crippen LogP contribution in [0.15, 0.2) is 48.6 Å². The van der Waals surface area contributed by atoms with Gasteiger partial charge in [-0.2, -0.15) is 0 Å². The molecule has 0 aliphatic rings. The van der Waals surface area contributed by atoms with Gasteiger partial charge in [0.1, 0.15) is 0 Å². The summed E-state index contributed by atoms with van der Waals surface area (Å²) >= 11 is 0. The Morgan fingerprint density at radius 2 is 0.867 bits per heavy atom. The molecular formula is C54H99NO5. The van der Waals surface area contributed by atoms with E-state index in [1.165, 1.54) is 148 Å². The van der Waals surface area contributed by atoms with Gasteiger partial charge in [0.25, 0.3) is 0 Å². The molecule has 2 atom stereocenters. The Kier molecular flexibility index (Phi) is 47.7. The number of unbranched alkanes of at least 4 members (excludes halogenated alkanes) is 30. The molecular weight excluding hydrogens is 743 g/mol. The van der Waals surface area contributed by atoms with Crippen LogP contribution in [0, 0.1) is 0 Å². The van der Waals surface area contributed by atoms with Crippen LogP contribution in [0.25, 0.3) is 0 Å². The number of nitrogens with one attached hydrogen (secondary N) is 1. The van der Waals surface area contributed by atoms with Crippen LogP contribution < -0.4 is 5.32 Å². The summed E-state index contributed by atoms with van der Waals surface area (Å²) in [6.07, 6.45) is 61.2. The van der Waals surface area contributed by atoms with Gasteiger partial charge >= 0.3 is 5.97 Å². The van der Waals surface area contributed by atoms with E-state index in [-0.39, 0.29) is 18.5 Å². The lowest BCUT2D eigenvalue weighted by atomic mass is 10.0. The maximum absolute atomic E-state index is 12.4.